The van der Waals surface area contributed by atoms with Crippen molar-refractivity contribution in [1.29, 1.82) is 0 Å². The molecule has 0 radical (unpaired) electrons. The highest BCUT2D eigenvalue weighted by atomic mass is 32.2. The smallest absolute Gasteiger partial charge is 0.196 e. The van der Waals surface area contributed by atoms with Crippen LogP contribution in [0.2, 0.25) is 0 Å². The Kier molecular flexibility index (Phi) is 5.95. The molecule has 0 bridgehead atoms. The van der Waals surface area contributed by atoms with E-state index in [4.69, 9.17) is 0 Å². The second-order valence-corrected chi connectivity index (χ2v) is 11.1. The predicted molar refractivity (Wildman–Crippen MR) is 116 cm³/mol. The Morgan fingerprint density at radius 2 is 1.61 bits per heavy atom. The van der Waals surface area contributed by atoms with Crippen molar-refractivity contribution in [2.45, 2.75) is 31.3 Å². The Hall–Kier alpha value is -2.12. The van der Waals surface area contributed by atoms with E-state index in [0.29, 0.717) is 10.9 Å². The van der Waals surface area contributed by atoms with Crippen LogP contribution >= 0.6 is 11.8 Å². The third kappa shape index (κ3) is 5.02. The molecule has 28 heavy (non-hydrogen) atoms. The molecule has 5 nitrogen and oxygen atoms in total. The molecule has 0 amide bonds. The van der Waals surface area contributed by atoms with Gasteiger partial charge >= 0.3 is 0 Å². The fraction of sp³-hybridized carbons (Fsp3) is 0.333. The number of aromatic nitrogens is 3. The van der Waals surface area contributed by atoms with Crippen molar-refractivity contribution in [3.05, 3.63) is 60.2 Å². The van der Waals surface area contributed by atoms with Crippen molar-refractivity contribution < 1.29 is 8.42 Å². The largest absolute Gasteiger partial charge is 0.270 e. The SMILES string of the molecule is CC(C)(C)c1ccc(-c2nnc(SCCS(C)(=O)=O)n2-c2ccccc2)cc1. The highest BCUT2D eigenvalue weighted by molar-refractivity contribution is 8.00. The van der Waals surface area contributed by atoms with Crippen LogP contribution < -0.4 is 0 Å². The van der Waals surface area contributed by atoms with E-state index in [-0.39, 0.29) is 11.2 Å². The van der Waals surface area contributed by atoms with Gasteiger partial charge in [-0.25, -0.2) is 8.42 Å². The minimum Gasteiger partial charge on any atom is -0.270 e. The third-order valence-corrected chi connectivity index (χ3v) is 6.48. The van der Waals surface area contributed by atoms with Crippen LogP contribution in [0.4, 0.5) is 0 Å². The number of hydrogen-bond acceptors (Lipinski definition) is 5. The van der Waals surface area contributed by atoms with E-state index in [0.717, 1.165) is 17.1 Å². The third-order valence-electron chi connectivity index (χ3n) is 4.34. The monoisotopic (exact) mass is 415 g/mol. The normalized spacial score (nSPS) is 12.3. The highest BCUT2D eigenvalue weighted by Crippen LogP contribution is 2.30. The van der Waals surface area contributed by atoms with Crippen LogP contribution in [0, 0.1) is 0 Å². The van der Waals surface area contributed by atoms with E-state index in [2.05, 4.69) is 55.2 Å². The van der Waals surface area contributed by atoms with Crippen molar-refractivity contribution in [3.63, 3.8) is 0 Å². The first-order valence-electron chi connectivity index (χ1n) is 9.07. The van der Waals surface area contributed by atoms with Crippen LogP contribution in [0.15, 0.2) is 59.8 Å². The lowest BCUT2D eigenvalue weighted by atomic mass is 9.87. The van der Waals surface area contributed by atoms with Crippen LogP contribution in [0.1, 0.15) is 26.3 Å². The molecule has 0 aliphatic heterocycles. The molecule has 0 atom stereocenters. The van der Waals surface area contributed by atoms with E-state index in [1.807, 2.05) is 34.9 Å². The first-order valence-corrected chi connectivity index (χ1v) is 12.1. The summed E-state index contributed by atoms with van der Waals surface area (Å²) >= 11 is 1.40. The van der Waals surface area contributed by atoms with E-state index in [1.54, 1.807) is 0 Å². The standard InChI is InChI=1S/C21H25N3O2S2/c1-21(2,3)17-12-10-16(11-13-17)19-22-23-20(27-14-15-28(4,25)26)24(19)18-8-6-5-7-9-18/h5-13H,14-15H2,1-4H3. The molecule has 2 aromatic carbocycles. The molecule has 0 spiro atoms. The molecule has 0 unspecified atom stereocenters. The molecule has 0 N–H and O–H groups in total. The lowest BCUT2D eigenvalue weighted by Crippen LogP contribution is -2.10. The molecule has 3 rings (SSSR count). The topological polar surface area (TPSA) is 64.8 Å². The summed E-state index contributed by atoms with van der Waals surface area (Å²) in [7, 11) is -3.01. The molecule has 0 saturated carbocycles. The first kappa shape index (κ1) is 20.6. The summed E-state index contributed by atoms with van der Waals surface area (Å²) in [4.78, 5) is 0. The van der Waals surface area contributed by atoms with Crippen molar-refractivity contribution in [2.75, 3.05) is 17.8 Å². The summed E-state index contributed by atoms with van der Waals surface area (Å²) in [6.45, 7) is 6.56. The zero-order valence-electron chi connectivity index (χ0n) is 16.6. The molecule has 3 aromatic rings. The summed E-state index contributed by atoms with van der Waals surface area (Å²) in [6.07, 6.45) is 1.25. The van der Waals surface area contributed by atoms with Gasteiger partial charge in [-0.2, -0.15) is 0 Å². The van der Waals surface area contributed by atoms with Gasteiger partial charge in [0.1, 0.15) is 9.84 Å². The summed E-state index contributed by atoms with van der Waals surface area (Å²) in [6, 6.07) is 18.3. The summed E-state index contributed by atoms with van der Waals surface area (Å²) < 4.78 is 24.9. The first-order chi connectivity index (χ1) is 13.1. The van der Waals surface area contributed by atoms with E-state index in [9.17, 15) is 8.42 Å². The Labute approximate surface area is 171 Å². The lowest BCUT2D eigenvalue weighted by molar-refractivity contribution is 0.590. The molecule has 0 fully saturated rings. The van der Waals surface area contributed by atoms with Crippen molar-refractivity contribution in [1.82, 2.24) is 14.8 Å². The fourth-order valence-corrected chi connectivity index (χ4v) is 4.91. The Balaban J connectivity index is 1.99. The van der Waals surface area contributed by atoms with Gasteiger partial charge in [0.15, 0.2) is 11.0 Å². The number of rotatable bonds is 6. The van der Waals surface area contributed by atoms with Crippen molar-refractivity contribution in [2.24, 2.45) is 0 Å². The van der Waals surface area contributed by atoms with Gasteiger partial charge in [-0.3, -0.25) is 4.57 Å². The lowest BCUT2D eigenvalue weighted by Gasteiger charge is -2.19. The van der Waals surface area contributed by atoms with Gasteiger partial charge in [-0.15, -0.1) is 10.2 Å². The van der Waals surface area contributed by atoms with Crippen molar-refractivity contribution >= 4 is 21.6 Å². The Bertz CT molecular complexity index is 1040. The van der Waals surface area contributed by atoms with Gasteiger partial charge in [0.05, 0.1) is 5.75 Å². The second-order valence-electron chi connectivity index (χ2n) is 7.78. The molecular formula is C21H25N3O2S2. The molecule has 148 valence electrons. The minimum atomic E-state index is -3.01. The quantitative estimate of drug-likeness (QED) is 0.560. The molecule has 0 saturated heterocycles. The number of thioether (sulfide) groups is 1. The second kappa shape index (κ2) is 8.09. The Morgan fingerprint density at radius 1 is 0.964 bits per heavy atom. The van der Waals surface area contributed by atoms with Crippen molar-refractivity contribution in [3.8, 4) is 17.1 Å². The number of hydrogen-bond donors (Lipinski definition) is 0. The van der Waals surface area contributed by atoms with Crippen LogP contribution in [-0.4, -0.2) is 40.9 Å². The average Bonchev–Trinajstić information content (AvgIpc) is 3.04. The maximum Gasteiger partial charge on any atom is 0.196 e. The summed E-state index contributed by atoms with van der Waals surface area (Å²) in [5.74, 6) is 1.29. The van der Waals surface area contributed by atoms with E-state index >= 15 is 0 Å². The molecule has 0 aliphatic rings. The fourth-order valence-electron chi connectivity index (χ4n) is 2.76. The van der Waals surface area contributed by atoms with Gasteiger partial charge in [-0.1, -0.05) is 75.0 Å². The van der Waals surface area contributed by atoms with Crippen LogP contribution in [0.25, 0.3) is 17.1 Å². The number of benzene rings is 2. The number of sulfone groups is 1. The molecular weight excluding hydrogens is 390 g/mol. The number of nitrogens with zero attached hydrogens (tertiary/aromatic N) is 3. The zero-order chi connectivity index (χ0) is 20.4. The van der Waals surface area contributed by atoms with Gasteiger partial charge in [-0.05, 0) is 23.1 Å². The van der Waals surface area contributed by atoms with Crippen LogP contribution in [0.5, 0.6) is 0 Å². The molecule has 7 heteroatoms. The van der Waals surface area contributed by atoms with Gasteiger partial charge < -0.3 is 0 Å². The summed E-state index contributed by atoms with van der Waals surface area (Å²) in [5, 5.41) is 9.44. The molecule has 1 aromatic heterocycles. The minimum absolute atomic E-state index is 0.0816. The predicted octanol–water partition coefficient (Wildman–Crippen LogP) is 4.37. The maximum atomic E-state index is 11.5. The highest BCUT2D eigenvalue weighted by Gasteiger charge is 2.18. The van der Waals surface area contributed by atoms with Gasteiger partial charge in [0, 0.05) is 23.3 Å². The molecule has 0 aliphatic carbocycles. The Morgan fingerprint density at radius 3 is 2.18 bits per heavy atom. The molecule has 1 heterocycles. The van der Waals surface area contributed by atoms with Gasteiger partial charge in [0.2, 0.25) is 0 Å². The maximum absolute atomic E-state index is 11.5. The van der Waals surface area contributed by atoms with E-state index < -0.39 is 9.84 Å². The van der Waals surface area contributed by atoms with E-state index in [1.165, 1.54) is 23.6 Å². The number of para-hydroxylation sites is 1. The van der Waals surface area contributed by atoms with Crippen LogP contribution in [-0.2, 0) is 15.3 Å². The van der Waals surface area contributed by atoms with Crippen LogP contribution in [0.3, 0.4) is 0 Å². The van der Waals surface area contributed by atoms with Gasteiger partial charge in [0.25, 0.3) is 0 Å². The average molecular weight is 416 g/mol. The zero-order valence-corrected chi connectivity index (χ0v) is 18.2. The summed E-state index contributed by atoms with van der Waals surface area (Å²) in [5.41, 5.74) is 3.26.